The molecule has 2 aliphatic rings. The maximum absolute atomic E-state index is 9.55. The summed E-state index contributed by atoms with van der Waals surface area (Å²) in [7, 11) is 0. The molecule has 6 heteroatoms. The highest BCUT2D eigenvalue weighted by atomic mass is 32.1. The topological polar surface area (TPSA) is 62.1 Å². The lowest BCUT2D eigenvalue weighted by molar-refractivity contribution is 0.145. The van der Waals surface area contributed by atoms with Crippen LogP contribution in [0.25, 0.3) is 10.6 Å². The monoisotopic (exact) mass is 302 g/mol. The van der Waals surface area contributed by atoms with Gasteiger partial charge in [-0.25, -0.2) is 15.0 Å². The molecule has 2 aromatic heterocycles. The molecule has 1 aliphatic carbocycles. The summed E-state index contributed by atoms with van der Waals surface area (Å²) in [5.74, 6) is 0.759. The number of hydrogen-bond acceptors (Lipinski definition) is 6. The first-order valence-electron chi connectivity index (χ1n) is 7.53. The zero-order valence-electron chi connectivity index (χ0n) is 11.8. The van der Waals surface area contributed by atoms with E-state index in [2.05, 4.69) is 14.9 Å². The van der Waals surface area contributed by atoms with Gasteiger partial charge in [0.2, 0.25) is 5.95 Å². The average Bonchev–Trinajstić information content (AvgIpc) is 3.10. The van der Waals surface area contributed by atoms with Crippen molar-refractivity contribution in [2.45, 2.75) is 38.2 Å². The lowest BCUT2D eigenvalue weighted by atomic mass is 10.1. The predicted octanol–water partition coefficient (Wildman–Crippen LogP) is 2.05. The van der Waals surface area contributed by atoms with Crippen molar-refractivity contribution in [2.75, 3.05) is 18.0 Å². The lowest BCUT2D eigenvalue weighted by Crippen LogP contribution is -2.36. The lowest BCUT2D eigenvalue weighted by Gasteiger charge is -2.29. The van der Waals surface area contributed by atoms with Crippen LogP contribution in [0.5, 0.6) is 0 Å². The molecule has 0 saturated carbocycles. The highest BCUT2D eigenvalue weighted by Gasteiger charge is 2.20. The maximum Gasteiger partial charge on any atom is 0.225 e. The van der Waals surface area contributed by atoms with E-state index in [9.17, 15) is 5.11 Å². The van der Waals surface area contributed by atoms with Crippen LogP contribution in [0.2, 0.25) is 0 Å². The smallest absolute Gasteiger partial charge is 0.225 e. The number of anilines is 1. The van der Waals surface area contributed by atoms with E-state index >= 15 is 0 Å². The van der Waals surface area contributed by atoms with Crippen molar-refractivity contribution in [3.8, 4) is 10.6 Å². The Kier molecular flexibility index (Phi) is 3.35. The minimum Gasteiger partial charge on any atom is -0.393 e. The average molecular weight is 302 g/mol. The van der Waals surface area contributed by atoms with Crippen molar-refractivity contribution in [1.82, 2.24) is 15.0 Å². The third-order valence-corrected chi connectivity index (χ3v) is 5.43. The third kappa shape index (κ3) is 2.53. The molecular formula is C15H18N4OS. The summed E-state index contributed by atoms with van der Waals surface area (Å²) >= 11 is 1.78. The van der Waals surface area contributed by atoms with E-state index in [-0.39, 0.29) is 6.10 Å². The van der Waals surface area contributed by atoms with Gasteiger partial charge in [-0.15, -0.1) is 11.3 Å². The number of rotatable bonds is 2. The highest BCUT2D eigenvalue weighted by Crippen LogP contribution is 2.33. The largest absolute Gasteiger partial charge is 0.393 e. The second-order valence-electron chi connectivity index (χ2n) is 5.73. The zero-order valence-corrected chi connectivity index (χ0v) is 12.6. The van der Waals surface area contributed by atoms with E-state index in [0.29, 0.717) is 0 Å². The zero-order chi connectivity index (χ0) is 14.2. The van der Waals surface area contributed by atoms with Crippen molar-refractivity contribution in [2.24, 2.45) is 0 Å². The molecule has 110 valence electrons. The van der Waals surface area contributed by atoms with Crippen molar-refractivity contribution in [3.05, 3.63) is 23.0 Å². The number of aromatic nitrogens is 3. The van der Waals surface area contributed by atoms with Crippen molar-refractivity contribution < 1.29 is 5.11 Å². The molecule has 1 saturated heterocycles. The minimum atomic E-state index is -0.168. The van der Waals surface area contributed by atoms with Gasteiger partial charge in [0, 0.05) is 35.9 Å². The fourth-order valence-corrected chi connectivity index (χ4v) is 4.10. The third-order valence-electron chi connectivity index (χ3n) is 4.23. The van der Waals surface area contributed by atoms with Gasteiger partial charge in [-0.3, -0.25) is 0 Å². The van der Waals surface area contributed by atoms with Gasteiger partial charge in [-0.2, -0.15) is 0 Å². The Balaban J connectivity index is 1.53. The number of nitrogens with zero attached hydrogens (tertiary/aromatic N) is 4. The molecule has 4 rings (SSSR count). The number of hydrogen-bond donors (Lipinski definition) is 1. The summed E-state index contributed by atoms with van der Waals surface area (Å²) in [5, 5.41) is 10.6. The van der Waals surface area contributed by atoms with Crippen LogP contribution in [-0.4, -0.2) is 39.3 Å². The van der Waals surface area contributed by atoms with Crippen LogP contribution >= 0.6 is 11.3 Å². The van der Waals surface area contributed by atoms with Gasteiger partial charge in [0.05, 0.1) is 11.8 Å². The Morgan fingerprint density at radius 2 is 1.90 bits per heavy atom. The second-order valence-corrected chi connectivity index (χ2v) is 6.82. The van der Waals surface area contributed by atoms with Crippen LogP contribution in [0.15, 0.2) is 12.4 Å². The Labute approximate surface area is 127 Å². The molecule has 0 amide bonds. The number of fused-ring (bicyclic) bond motifs is 1. The molecule has 0 atom stereocenters. The van der Waals surface area contributed by atoms with Crippen LogP contribution < -0.4 is 4.90 Å². The Morgan fingerprint density at radius 3 is 2.62 bits per heavy atom. The summed E-state index contributed by atoms with van der Waals surface area (Å²) in [6, 6.07) is 0. The Hall–Kier alpha value is -1.53. The summed E-state index contributed by atoms with van der Waals surface area (Å²) in [5.41, 5.74) is 2.28. The SMILES string of the molecule is OC1CCN(c2ncc(-c3nc4c(s3)CCC4)cn2)CC1. The van der Waals surface area contributed by atoms with Crippen molar-refractivity contribution in [3.63, 3.8) is 0 Å². The van der Waals surface area contributed by atoms with Gasteiger partial charge in [-0.1, -0.05) is 0 Å². The first kappa shape index (κ1) is 13.2. The summed E-state index contributed by atoms with van der Waals surface area (Å²) < 4.78 is 0. The molecule has 1 aliphatic heterocycles. The summed E-state index contributed by atoms with van der Waals surface area (Å²) in [6.45, 7) is 1.65. The van der Waals surface area contributed by atoms with E-state index in [0.717, 1.165) is 48.9 Å². The Bertz CT molecular complexity index is 610. The van der Waals surface area contributed by atoms with E-state index in [1.807, 2.05) is 12.4 Å². The van der Waals surface area contributed by atoms with Crippen LogP contribution in [-0.2, 0) is 12.8 Å². The van der Waals surface area contributed by atoms with Crippen LogP contribution in [0.1, 0.15) is 29.8 Å². The summed E-state index contributed by atoms with van der Waals surface area (Å²) in [6.07, 6.45) is 8.70. The van der Waals surface area contributed by atoms with Crippen LogP contribution in [0.3, 0.4) is 0 Å². The number of aliphatic hydroxyl groups is 1. The first-order chi connectivity index (χ1) is 10.3. The second kappa shape index (κ2) is 5.35. The Morgan fingerprint density at radius 1 is 1.14 bits per heavy atom. The minimum absolute atomic E-state index is 0.168. The van der Waals surface area contributed by atoms with Gasteiger partial charge >= 0.3 is 0 Å². The number of aliphatic hydroxyl groups excluding tert-OH is 1. The molecule has 0 bridgehead atoms. The highest BCUT2D eigenvalue weighted by molar-refractivity contribution is 7.15. The fourth-order valence-electron chi connectivity index (χ4n) is 2.97. The molecule has 0 spiro atoms. The maximum atomic E-state index is 9.55. The number of thiazole rings is 1. The van der Waals surface area contributed by atoms with E-state index in [1.165, 1.54) is 23.4 Å². The van der Waals surface area contributed by atoms with Crippen LogP contribution in [0, 0.1) is 0 Å². The summed E-state index contributed by atoms with van der Waals surface area (Å²) in [4.78, 5) is 17.2. The fraction of sp³-hybridized carbons (Fsp3) is 0.533. The molecule has 5 nitrogen and oxygen atoms in total. The quantitative estimate of drug-likeness (QED) is 0.920. The standard InChI is InChI=1S/C15H18N4OS/c20-11-4-6-19(7-5-11)15-16-8-10(9-17-15)14-18-12-2-1-3-13(12)21-14/h8-9,11,20H,1-7H2. The first-order valence-corrected chi connectivity index (χ1v) is 8.35. The normalized spacial score (nSPS) is 19.0. The van der Waals surface area contributed by atoms with Gasteiger partial charge in [0.1, 0.15) is 5.01 Å². The molecule has 2 aromatic rings. The molecule has 21 heavy (non-hydrogen) atoms. The van der Waals surface area contributed by atoms with Gasteiger partial charge in [0.25, 0.3) is 0 Å². The number of piperidine rings is 1. The molecule has 1 fully saturated rings. The molecule has 0 unspecified atom stereocenters. The van der Waals surface area contributed by atoms with Gasteiger partial charge < -0.3 is 10.0 Å². The molecular weight excluding hydrogens is 284 g/mol. The van der Waals surface area contributed by atoms with E-state index in [4.69, 9.17) is 4.98 Å². The number of aryl methyl sites for hydroxylation is 2. The molecule has 3 heterocycles. The van der Waals surface area contributed by atoms with E-state index < -0.39 is 0 Å². The predicted molar refractivity (Wildman–Crippen MR) is 82.6 cm³/mol. The van der Waals surface area contributed by atoms with Crippen molar-refractivity contribution >= 4 is 17.3 Å². The molecule has 0 radical (unpaired) electrons. The van der Waals surface area contributed by atoms with Crippen LogP contribution in [0.4, 0.5) is 5.95 Å². The molecule has 0 aromatic carbocycles. The van der Waals surface area contributed by atoms with Gasteiger partial charge in [-0.05, 0) is 32.1 Å². The molecule has 1 N–H and O–H groups in total. The van der Waals surface area contributed by atoms with Gasteiger partial charge in [0.15, 0.2) is 0 Å². The van der Waals surface area contributed by atoms with E-state index in [1.54, 1.807) is 11.3 Å². The van der Waals surface area contributed by atoms with Crippen molar-refractivity contribution in [1.29, 1.82) is 0 Å².